The van der Waals surface area contributed by atoms with Gasteiger partial charge in [-0.25, -0.2) is 0 Å². The Labute approximate surface area is 357 Å². The first kappa shape index (κ1) is 36.3. The number of fused-ring (bicyclic) bond motifs is 7. The molecule has 61 heavy (non-hydrogen) atoms. The fraction of sp³-hybridized carbons (Fsp3) is 0.0333. The van der Waals surface area contributed by atoms with E-state index in [0.29, 0.717) is 0 Å². The molecule has 11 aromatic carbocycles. The smallest absolute Gasteiger partial charge is 0.0468 e. The van der Waals surface area contributed by atoms with Crippen LogP contribution < -0.4 is 4.90 Å². The molecule has 0 unspecified atom stereocenters. The van der Waals surface area contributed by atoms with Crippen molar-refractivity contribution in [2.24, 2.45) is 0 Å². The molecule has 0 N–H and O–H groups in total. The average molecular weight is 778 g/mol. The summed E-state index contributed by atoms with van der Waals surface area (Å²) < 4.78 is 0. The Bertz CT molecular complexity index is 3380. The summed E-state index contributed by atoms with van der Waals surface area (Å²) >= 11 is 0. The van der Waals surface area contributed by atoms with Gasteiger partial charge < -0.3 is 4.90 Å². The second-order valence-electron chi connectivity index (χ2n) is 16.3. The van der Waals surface area contributed by atoms with E-state index in [4.69, 9.17) is 0 Å². The van der Waals surface area contributed by atoms with Crippen LogP contribution in [0.1, 0.15) is 11.1 Å². The maximum absolute atomic E-state index is 2.44. The van der Waals surface area contributed by atoms with E-state index in [9.17, 15) is 0 Å². The van der Waals surface area contributed by atoms with E-state index in [2.05, 4.69) is 243 Å². The van der Waals surface area contributed by atoms with Crippen molar-refractivity contribution in [3.05, 3.63) is 236 Å². The number of rotatable bonds is 7. The van der Waals surface area contributed by atoms with Crippen LogP contribution in [-0.4, -0.2) is 0 Å². The third-order valence-corrected chi connectivity index (χ3v) is 12.2. The number of hydrogen-bond donors (Lipinski definition) is 0. The largest absolute Gasteiger partial charge is 0.310 e. The van der Waals surface area contributed by atoms with Crippen LogP contribution in [0.25, 0.3) is 87.6 Å². The van der Waals surface area contributed by atoms with Gasteiger partial charge in [-0.15, -0.1) is 0 Å². The Kier molecular flexibility index (Phi) is 9.02. The summed E-state index contributed by atoms with van der Waals surface area (Å²) in [7, 11) is 0. The molecular weight excluding hydrogens is 735 g/mol. The molecule has 11 aromatic rings. The van der Waals surface area contributed by atoms with Gasteiger partial charge in [-0.1, -0.05) is 176 Å². The fourth-order valence-electron chi connectivity index (χ4n) is 9.57. The highest BCUT2D eigenvalue weighted by Gasteiger charge is 2.23. The molecule has 0 spiro atoms. The van der Waals surface area contributed by atoms with Crippen LogP contribution in [-0.2, 0) is 0 Å². The number of benzene rings is 11. The number of aryl methyl sites for hydroxylation is 2. The van der Waals surface area contributed by atoms with Crippen molar-refractivity contribution >= 4 is 60.2 Å². The van der Waals surface area contributed by atoms with Crippen molar-refractivity contribution in [2.45, 2.75) is 13.8 Å². The lowest BCUT2D eigenvalue weighted by molar-refractivity contribution is 1.26. The van der Waals surface area contributed by atoms with Crippen molar-refractivity contribution in [3.8, 4) is 44.5 Å². The van der Waals surface area contributed by atoms with Crippen molar-refractivity contribution in [2.75, 3.05) is 4.90 Å². The van der Waals surface area contributed by atoms with Crippen molar-refractivity contribution in [3.63, 3.8) is 0 Å². The topological polar surface area (TPSA) is 3.24 Å². The third-order valence-electron chi connectivity index (χ3n) is 12.2. The molecule has 1 heteroatoms. The minimum absolute atomic E-state index is 1.11. The molecule has 1 nitrogen and oxygen atoms in total. The van der Waals surface area contributed by atoms with Gasteiger partial charge in [0.1, 0.15) is 0 Å². The summed E-state index contributed by atoms with van der Waals surface area (Å²) in [4.78, 5) is 2.43. The molecule has 0 bridgehead atoms. The van der Waals surface area contributed by atoms with Crippen LogP contribution in [0.15, 0.2) is 224 Å². The van der Waals surface area contributed by atoms with Crippen LogP contribution in [0.5, 0.6) is 0 Å². The SMILES string of the molecule is Cc1cc(C)cc(N(c2ccc(-c3ccc4ccccc4c3)cc2)c2ccc3c(c2)c2ccccc2c2c(-c4ccccc4)cc(-c4ccccc4)c(-c4ccccc4)c32)c1. The molecule has 0 saturated heterocycles. The van der Waals surface area contributed by atoms with Crippen LogP contribution >= 0.6 is 0 Å². The molecule has 0 saturated carbocycles. The standard InChI is InChI=1S/C60H43N/c1-40-34-41(2)36-51(35-40)61(49-30-28-43(29-31-49)48-27-26-42-16-12-13-23-47(42)37-48)50-32-33-54-57(38-50)52-24-14-15-25-53(52)59-56(45-19-8-4-9-20-45)39-55(44-17-6-3-7-18-44)58(60(54)59)46-21-10-5-11-22-46/h3-39H,1-2H3. The van der Waals surface area contributed by atoms with E-state index in [1.165, 1.54) is 98.7 Å². The molecule has 0 aliphatic rings. The highest BCUT2D eigenvalue weighted by Crippen LogP contribution is 2.50. The molecule has 0 radical (unpaired) electrons. The van der Waals surface area contributed by atoms with E-state index in [0.717, 1.165) is 17.1 Å². The second kappa shape index (κ2) is 15.1. The quantitative estimate of drug-likeness (QED) is 0.146. The van der Waals surface area contributed by atoms with Crippen molar-refractivity contribution < 1.29 is 0 Å². The van der Waals surface area contributed by atoms with Crippen molar-refractivity contribution in [1.29, 1.82) is 0 Å². The lowest BCUT2D eigenvalue weighted by atomic mass is 9.81. The summed E-state index contributed by atoms with van der Waals surface area (Å²) in [6.45, 7) is 4.38. The number of anilines is 3. The first-order valence-electron chi connectivity index (χ1n) is 21.2. The van der Waals surface area contributed by atoms with E-state index < -0.39 is 0 Å². The molecule has 0 aromatic heterocycles. The summed E-state index contributed by atoms with van der Waals surface area (Å²) in [6.07, 6.45) is 0. The summed E-state index contributed by atoms with van der Waals surface area (Å²) in [5, 5.41) is 9.99. The molecule has 11 rings (SSSR count). The Hall–Kier alpha value is -7.74. The van der Waals surface area contributed by atoms with Gasteiger partial charge in [-0.2, -0.15) is 0 Å². The first-order chi connectivity index (χ1) is 30.1. The maximum atomic E-state index is 2.44. The zero-order valence-corrected chi connectivity index (χ0v) is 34.3. The normalized spacial score (nSPS) is 11.4. The highest BCUT2D eigenvalue weighted by molar-refractivity contribution is 6.33. The Morgan fingerprint density at radius 2 is 0.820 bits per heavy atom. The van der Waals surface area contributed by atoms with E-state index in [1.807, 2.05) is 0 Å². The zero-order valence-electron chi connectivity index (χ0n) is 34.3. The van der Waals surface area contributed by atoms with Crippen molar-refractivity contribution in [1.82, 2.24) is 0 Å². The maximum Gasteiger partial charge on any atom is 0.0468 e. The zero-order chi connectivity index (χ0) is 40.9. The molecular formula is C60H43N. The Morgan fingerprint density at radius 1 is 0.279 bits per heavy atom. The lowest BCUT2D eigenvalue weighted by Crippen LogP contribution is -2.10. The van der Waals surface area contributed by atoms with Gasteiger partial charge in [0.15, 0.2) is 0 Å². The summed E-state index contributed by atoms with van der Waals surface area (Å²) in [6, 6.07) is 82.6. The fourth-order valence-corrected chi connectivity index (χ4v) is 9.57. The van der Waals surface area contributed by atoms with Crippen LogP contribution in [0, 0.1) is 13.8 Å². The van der Waals surface area contributed by atoms with E-state index in [-0.39, 0.29) is 0 Å². The van der Waals surface area contributed by atoms with Gasteiger partial charge in [0.05, 0.1) is 0 Å². The van der Waals surface area contributed by atoms with Gasteiger partial charge in [0, 0.05) is 17.1 Å². The van der Waals surface area contributed by atoms with E-state index >= 15 is 0 Å². The Morgan fingerprint density at radius 3 is 1.51 bits per heavy atom. The molecule has 0 heterocycles. The third kappa shape index (κ3) is 6.52. The predicted octanol–water partition coefficient (Wildman–Crippen LogP) is 17.1. The van der Waals surface area contributed by atoms with E-state index in [1.54, 1.807) is 0 Å². The minimum Gasteiger partial charge on any atom is -0.310 e. The summed E-state index contributed by atoms with van der Waals surface area (Å²) in [5.74, 6) is 0. The highest BCUT2D eigenvalue weighted by atomic mass is 15.1. The lowest BCUT2D eigenvalue weighted by Gasteiger charge is -2.28. The van der Waals surface area contributed by atoms with Gasteiger partial charge in [0.2, 0.25) is 0 Å². The van der Waals surface area contributed by atoms with Gasteiger partial charge in [-0.05, 0) is 161 Å². The molecule has 0 amide bonds. The first-order valence-corrected chi connectivity index (χ1v) is 21.2. The Balaban J connectivity index is 1.20. The molecule has 0 fully saturated rings. The van der Waals surface area contributed by atoms with Gasteiger partial charge in [-0.3, -0.25) is 0 Å². The van der Waals surface area contributed by atoms with Gasteiger partial charge >= 0.3 is 0 Å². The number of nitrogens with zero attached hydrogens (tertiary/aromatic N) is 1. The van der Waals surface area contributed by atoms with Crippen LogP contribution in [0.2, 0.25) is 0 Å². The average Bonchev–Trinajstić information content (AvgIpc) is 3.31. The monoisotopic (exact) mass is 777 g/mol. The number of hydrogen-bond acceptors (Lipinski definition) is 1. The van der Waals surface area contributed by atoms with Crippen LogP contribution in [0.3, 0.4) is 0 Å². The van der Waals surface area contributed by atoms with Crippen LogP contribution in [0.4, 0.5) is 17.1 Å². The second-order valence-corrected chi connectivity index (χ2v) is 16.3. The molecule has 0 atom stereocenters. The molecule has 0 aliphatic heterocycles. The summed E-state index contributed by atoms with van der Waals surface area (Å²) in [5.41, 5.74) is 15.6. The van der Waals surface area contributed by atoms with Gasteiger partial charge in [0.25, 0.3) is 0 Å². The molecule has 0 aliphatic carbocycles. The molecule has 288 valence electrons. The minimum atomic E-state index is 1.11. The predicted molar refractivity (Wildman–Crippen MR) is 262 cm³/mol.